The fraction of sp³-hybridized carbons (Fsp3) is 0.375. The summed E-state index contributed by atoms with van der Waals surface area (Å²) in [7, 11) is 0. The second-order valence-corrected chi connectivity index (χ2v) is 2.65. The standard InChI is InChI=1S/C8H12N4O3/c1-2-15-5(13)3-10-7-6(9)8(14)12-4-11-7/h4H,2-3,9H2,1H3,(H2,10,11,12,14). The van der Waals surface area contributed by atoms with Crippen LogP contribution in [0, 0.1) is 0 Å². The van der Waals surface area contributed by atoms with Gasteiger partial charge in [0.1, 0.15) is 12.2 Å². The summed E-state index contributed by atoms with van der Waals surface area (Å²) >= 11 is 0. The molecule has 15 heavy (non-hydrogen) atoms. The third kappa shape index (κ3) is 2.97. The molecule has 0 aliphatic carbocycles. The zero-order valence-electron chi connectivity index (χ0n) is 8.24. The van der Waals surface area contributed by atoms with E-state index in [1.165, 1.54) is 6.33 Å². The summed E-state index contributed by atoms with van der Waals surface area (Å²) in [6.07, 6.45) is 1.20. The summed E-state index contributed by atoms with van der Waals surface area (Å²) < 4.78 is 4.68. The lowest BCUT2D eigenvalue weighted by molar-refractivity contribution is -0.140. The number of nitrogens with zero attached hydrogens (tertiary/aromatic N) is 1. The van der Waals surface area contributed by atoms with Crippen molar-refractivity contribution in [1.82, 2.24) is 9.97 Å². The van der Waals surface area contributed by atoms with Gasteiger partial charge in [-0.1, -0.05) is 0 Å². The third-order valence-electron chi connectivity index (χ3n) is 1.59. The SMILES string of the molecule is CCOC(=O)CNc1nc[nH]c(=O)c1N. The van der Waals surface area contributed by atoms with Crippen LogP contribution in [-0.2, 0) is 9.53 Å². The molecular formula is C8H12N4O3. The fourth-order valence-corrected chi connectivity index (χ4v) is 0.919. The van der Waals surface area contributed by atoms with E-state index >= 15 is 0 Å². The highest BCUT2D eigenvalue weighted by Crippen LogP contribution is 2.05. The van der Waals surface area contributed by atoms with E-state index in [1.54, 1.807) is 6.92 Å². The quantitative estimate of drug-likeness (QED) is 0.571. The van der Waals surface area contributed by atoms with Gasteiger partial charge in [-0.25, -0.2) is 4.98 Å². The van der Waals surface area contributed by atoms with E-state index in [4.69, 9.17) is 5.73 Å². The normalized spacial score (nSPS) is 9.67. The number of aromatic nitrogens is 2. The van der Waals surface area contributed by atoms with Crippen molar-refractivity contribution in [3.05, 3.63) is 16.7 Å². The maximum absolute atomic E-state index is 11.0. The molecule has 0 spiro atoms. The van der Waals surface area contributed by atoms with E-state index < -0.39 is 11.5 Å². The molecule has 0 bridgehead atoms. The number of hydrogen-bond donors (Lipinski definition) is 3. The van der Waals surface area contributed by atoms with E-state index in [2.05, 4.69) is 20.0 Å². The van der Waals surface area contributed by atoms with Crippen LogP contribution in [0.15, 0.2) is 11.1 Å². The van der Waals surface area contributed by atoms with Gasteiger partial charge in [-0.3, -0.25) is 9.59 Å². The molecule has 0 aromatic carbocycles. The number of rotatable bonds is 4. The van der Waals surface area contributed by atoms with Crippen LogP contribution in [0.25, 0.3) is 0 Å². The van der Waals surface area contributed by atoms with Crippen LogP contribution in [0.4, 0.5) is 11.5 Å². The fourth-order valence-electron chi connectivity index (χ4n) is 0.919. The lowest BCUT2D eigenvalue weighted by Gasteiger charge is -2.06. The summed E-state index contributed by atoms with van der Waals surface area (Å²) in [6.45, 7) is 1.94. The van der Waals surface area contributed by atoms with Crippen LogP contribution < -0.4 is 16.6 Å². The van der Waals surface area contributed by atoms with Crippen LogP contribution >= 0.6 is 0 Å². The van der Waals surface area contributed by atoms with Crippen molar-refractivity contribution in [2.45, 2.75) is 6.92 Å². The number of hydrogen-bond acceptors (Lipinski definition) is 6. The minimum absolute atomic E-state index is 0.0539. The number of nitrogens with one attached hydrogen (secondary N) is 2. The topological polar surface area (TPSA) is 110 Å². The zero-order chi connectivity index (χ0) is 11.3. The molecule has 0 atom stereocenters. The molecule has 7 nitrogen and oxygen atoms in total. The number of anilines is 2. The number of carbonyl (C=O) groups is 1. The smallest absolute Gasteiger partial charge is 0.325 e. The Labute approximate surface area is 85.7 Å². The van der Waals surface area contributed by atoms with Gasteiger partial charge < -0.3 is 20.8 Å². The van der Waals surface area contributed by atoms with Gasteiger partial charge in [-0.2, -0.15) is 0 Å². The van der Waals surface area contributed by atoms with Gasteiger partial charge in [-0.05, 0) is 6.92 Å². The molecule has 4 N–H and O–H groups in total. The van der Waals surface area contributed by atoms with Crippen molar-refractivity contribution in [1.29, 1.82) is 0 Å². The number of nitrogen functional groups attached to an aromatic ring is 1. The lowest BCUT2D eigenvalue weighted by Crippen LogP contribution is -2.21. The van der Waals surface area contributed by atoms with E-state index in [0.29, 0.717) is 6.61 Å². The highest BCUT2D eigenvalue weighted by Gasteiger charge is 2.06. The van der Waals surface area contributed by atoms with Crippen molar-refractivity contribution in [3.8, 4) is 0 Å². The molecule has 0 radical (unpaired) electrons. The monoisotopic (exact) mass is 212 g/mol. The number of H-pyrrole nitrogens is 1. The number of esters is 1. The summed E-state index contributed by atoms with van der Waals surface area (Å²) in [6, 6.07) is 0. The van der Waals surface area contributed by atoms with Crippen LogP contribution in [0.2, 0.25) is 0 Å². The molecule has 0 unspecified atom stereocenters. The Balaban J connectivity index is 2.62. The van der Waals surface area contributed by atoms with E-state index in [9.17, 15) is 9.59 Å². The van der Waals surface area contributed by atoms with Gasteiger partial charge in [0.2, 0.25) is 0 Å². The maximum atomic E-state index is 11.0. The molecule has 0 amide bonds. The van der Waals surface area contributed by atoms with Crippen molar-refractivity contribution in [3.63, 3.8) is 0 Å². The maximum Gasteiger partial charge on any atom is 0.325 e. The second-order valence-electron chi connectivity index (χ2n) is 2.65. The molecule has 1 aromatic rings. The van der Waals surface area contributed by atoms with Gasteiger partial charge in [0.15, 0.2) is 5.82 Å². The number of carbonyl (C=O) groups excluding carboxylic acids is 1. The van der Waals surface area contributed by atoms with E-state index in [1.807, 2.05) is 0 Å². The molecule has 1 heterocycles. The molecule has 0 saturated heterocycles. The first-order valence-corrected chi connectivity index (χ1v) is 4.37. The highest BCUT2D eigenvalue weighted by molar-refractivity contribution is 5.76. The zero-order valence-corrected chi connectivity index (χ0v) is 8.24. The summed E-state index contributed by atoms with van der Waals surface area (Å²) in [5.74, 6) is -0.259. The Bertz CT molecular complexity index is 401. The first-order valence-electron chi connectivity index (χ1n) is 4.37. The van der Waals surface area contributed by atoms with Gasteiger partial charge in [0.25, 0.3) is 5.56 Å². The summed E-state index contributed by atoms with van der Waals surface area (Å²) in [4.78, 5) is 28.1. The van der Waals surface area contributed by atoms with Crippen LogP contribution in [-0.4, -0.2) is 29.1 Å². The van der Waals surface area contributed by atoms with Crippen LogP contribution in [0.5, 0.6) is 0 Å². The Hall–Kier alpha value is -2.05. The summed E-state index contributed by atoms with van der Waals surface area (Å²) in [5.41, 5.74) is 4.92. The van der Waals surface area contributed by atoms with Gasteiger partial charge >= 0.3 is 5.97 Å². The molecule has 82 valence electrons. The highest BCUT2D eigenvalue weighted by atomic mass is 16.5. The predicted octanol–water partition coefficient (Wildman–Crippen LogP) is -0.673. The van der Waals surface area contributed by atoms with Crippen LogP contribution in [0.3, 0.4) is 0 Å². The third-order valence-corrected chi connectivity index (χ3v) is 1.59. The lowest BCUT2D eigenvalue weighted by atomic mass is 10.4. The minimum Gasteiger partial charge on any atom is -0.465 e. The molecular weight excluding hydrogens is 200 g/mol. The Morgan fingerprint density at radius 3 is 3.13 bits per heavy atom. The van der Waals surface area contributed by atoms with Gasteiger partial charge in [-0.15, -0.1) is 0 Å². The molecule has 1 aromatic heterocycles. The van der Waals surface area contributed by atoms with Gasteiger partial charge in [0, 0.05) is 0 Å². The van der Waals surface area contributed by atoms with E-state index in [-0.39, 0.29) is 18.1 Å². The number of nitrogens with two attached hydrogens (primary N) is 1. The Kier molecular flexibility index (Phi) is 3.67. The van der Waals surface area contributed by atoms with Crippen LogP contribution in [0.1, 0.15) is 6.92 Å². The first kappa shape index (κ1) is 11.0. The second kappa shape index (κ2) is 4.99. The van der Waals surface area contributed by atoms with E-state index in [0.717, 1.165) is 0 Å². The predicted molar refractivity (Wildman–Crippen MR) is 54.4 cm³/mol. The molecule has 1 rings (SSSR count). The molecule has 0 aliphatic heterocycles. The van der Waals surface area contributed by atoms with Crippen molar-refractivity contribution < 1.29 is 9.53 Å². The Morgan fingerprint density at radius 1 is 1.73 bits per heavy atom. The molecule has 0 saturated carbocycles. The number of aromatic amines is 1. The number of ether oxygens (including phenoxy) is 1. The average molecular weight is 212 g/mol. The van der Waals surface area contributed by atoms with Crippen molar-refractivity contribution in [2.75, 3.05) is 24.2 Å². The molecule has 0 aliphatic rings. The Morgan fingerprint density at radius 2 is 2.47 bits per heavy atom. The molecule has 7 heteroatoms. The van der Waals surface area contributed by atoms with Gasteiger partial charge in [0.05, 0.1) is 12.9 Å². The van der Waals surface area contributed by atoms with Crippen molar-refractivity contribution in [2.24, 2.45) is 0 Å². The molecule has 0 fully saturated rings. The average Bonchev–Trinajstić information content (AvgIpc) is 2.21. The first-order chi connectivity index (χ1) is 7.15. The summed E-state index contributed by atoms with van der Waals surface area (Å²) in [5, 5.41) is 2.61. The van der Waals surface area contributed by atoms with Crippen molar-refractivity contribution >= 4 is 17.5 Å². The largest absolute Gasteiger partial charge is 0.465 e. The minimum atomic E-state index is -0.448.